The van der Waals surface area contributed by atoms with Gasteiger partial charge in [0.05, 0.1) is 5.71 Å². The third kappa shape index (κ3) is 2.04. The first-order chi connectivity index (χ1) is 6.90. The van der Waals surface area contributed by atoms with Crippen molar-refractivity contribution in [2.45, 2.75) is 6.42 Å². The molecule has 0 aromatic rings. The van der Waals surface area contributed by atoms with Gasteiger partial charge in [-0.3, -0.25) is 4.90 Å². The van der Waals surface area contributed by atoms with Crippen LogP contribution in [0.3, 0.4) is 0 Å². The smallest absolute Gasteiger partial charge is 0.135 e. The number of allylic oxidation sites excluding steroid dienone is 2. The van der Waals surface area contributed by atoms with Gasteiger partial charge >= 0.3 is 0 Å². The average molecular weight is 192 g/mol. The summed E-state index contributed by atoms with van der Waals surface area (Å²) in [7, 11) is 0. The molecule has 14 heavy (non-hydrogen) atoms. The second-order valence-electron chi connectivity index (χ2n) is 3.76. The molecule has 0 aliphatic carbocycles. The fourth-order valence-electron chi connectivity index (χ4n) is 2.02. The molecule has 2 saturated heterocycles. The Hall–Kier alpha value is -1.09. The van der Waals surface area contributed by atoms with Crippen molar-refractivity contribution in [3.05, 3.63) is 24.8 Å². The summed E-state index contributed by atoms with van der Waals surface area (Å²) in [4.78, 5) is 7.62. The van der Waals surface area contributed by atoms with E-state index in [1.807, 2.05) is 12.2 Å². The van der Waals surface area contributed by atoms with Crippen molar-refractivity contribution in [1.82, 2.24) is 4.90 Å². The number of piperidine rings is 1. The first-order valence-corrected chi connectivity index (χ1v) is 5.09. The van der Waals surface area contributed by atoms with Crippen molar-refractivity contribution in [2.24, 2.45) is 11.1 Å². The highest BCUT2D eigenvalue weighted by Crippen LogP contribution is 2.25. The molecule has 2 bridgehead atoms. The van der Waals surface area contributed by atoms with E-state index in [0.29, 0.717) is 12.5 Å². The summed E-state index contributed by atoms with van der Waals surface area (Å²) in [6.07, 6.45) is 6.76. The van der Waals surface area contributed by atoms with E-state index < -0.39 is 0 Å². The largest absolute Gasteiger partial charge is 0.392 e. The molecule has 2 fully saturated rings. The number of nitrogens with zero attached hydrogens (tertiary/aromatic N) is 2. The molecule has 0 spiro atoms. The predicted molar refractivity (Wildman–Crippen MR) is 57.3 cm³/mol. The van der Waals surface area contributed by atoms with Crippen LogP contribution in [0.25, 0.3) is 0 Å². The lowest BCUT2D eigenvalue weighted by molar-refractivity contribution is 0.172. The Bertz CT molecular complexity index is 270. The van der Waals surface area contributed by atoms with Crippen molar-refractivity contribution >= 4 is 5.71 Å². The second-order valence-corrected chi connectivity index (χ2v) is 3.76. The maximum absolute atomic E-state index is 5.20. The summed E-state index contributed by atoms with van der Waals surface area (Å²) in [5.41, 5.74) is 1.23. The summed E-state index contributed by atoms with van der Waals surface area (Å²) in [5.74, 6) is 0.665. The van der Waals surface area contributed by atoms with Crippen molar-refractivity contribution in [2.75, 3.05) is 26.2 Å². The van der Waals surface area contributed by atoms with Gasteiger partial charge in [-0.25, -0.2) is 0 Å². The standard InChI is InChI=1S/C11H16N2O/c1-2-3-4-7-14-12-11-9-13-6-5-10(11)8-13/h2-4,10H,1,5-9H2/b4-3+,12-11+. The van der Waals surface area contributed by atoms with Crippen LogP contribution in [0.1, 0.15) is 6.42 Å². The van der Waals surface area contributed by atoms with Gasteiger partial charge in [0.2, 0.25) is 0 Å². The molecule has 0 radical (unpaired) electrons. The highest BCUT2D eigenvalue weighted by atomic mass is 16.6. The summed E-state index contributed by atoms with van der Waals surface area (Å²) in [6, 6.07) is 0. The predicted octanol–water partition coefficient (Wildman–Crippen LogP) is 1.44. The number of rotatable bonds is 4. The van der Waals surface area contributed by atoms with Crippen LogP contribution in [-0.4, -0.2) is 36.9 Å². The fourth-order valence-corrected chi connectivity index (χ4v) is 2.02. The Morgan fingerprint density at radius 3 is 3.21 bits per heavy atom. The minimum Gasteiger partial charge on any atom is -0.392 e. The molecule has 2 unspecified atom stereocenters. The molecule has 0 aromatic heterocycles. The lowest BCUT2D eigenvalue weighted by atomic mass is 10.0. The third-order valence-electron chi connectivity index (χ3n) is 2.75. The highest BCUT2D eigenvalue weighted by molar-refractivity contribution is 5.91. The van der Waals surface area contributed by atoms with Crippen molar-refractivity contribution in [3.8, 4) is 0 Å². The molecule has 0 aromatic carbocycles. The van der Waals surface area contributed by atoms with Gasteiger partial charge in [-0.2, -0.15) is 0 Å². The van der Waals surface area contributed by atoms with Crippen LogP contribution in [0.15, 0.2) is 30.0 Å². The molecule has 0 saturated carbocycles. The van der Waals surface area contributed by atoms with E-state index in [1.165, 1.54) is 25.2 Å². The van der Waals surface area contributed by atoms with Gasteiger partial charge in [-0.1, -0.05) is 23.9 Å². The van der Waals surface area contributed by atoms with Crippen LogP contribution in [0.2, 0.25) is 0 Å². The Kier molecular flexibility index (Phi) is 2.99. The Labute approximate surface area is 84.7 Å². The number of hydrogen-bond acceptors (Lipinski definition) is 3. The maximum atomic E-state index is 5.20. The van der Waals surface area contributed by atoms with E-state index in [0.717, 1.165) is 6.54 Å². The van der Waals surface area contributed by atoms with Gasteiger partial charge < -0.3 is 4.84 Å². The first kappa shape index (κ1) is 9.46. The molecule has 76 valence electrons. The zero-order valence-corrected chi connectivity index (χ0v) is 8.35. The topological polar surface area (TPSA) is 24.8 Å². The Morgan fingerprint density at radius 2 is 2.57 bits per heavy atom. The zero-order chi connectivity index (χ0) is 9.80. The van der Waals surface area contributed by atoms with Gasteiger partial charge in [0.25, 0.3) is 0 Å². The quantitative estimate of drug-likeness (QED) is 0.382. The highest BCUT2D eigenvalue weighted by Gasteiger charge is 2.35. The summed E-state index contributed by atoms with van der Waals surface area (Å²) >= 11 is 0. The SMILES string of the molecule is C=C/C=C/CO/N=C1\CN2CCC1C2. The van der Waals surface area contributed by atoms with Crippen LogP contribution in [-0.2, 0) is 4.84 Å². The molecule has 3 heteroatoms. The van der Waals surface area contributed by atoms with Crippen molar-refractivity contribution in [3.63, 3.8) is 0 Å². The van der Waals surface area contributed by atoms with Crippen molar-refractivity contribution < 1.29 is 4.84 Å². The van der Waals surface area contributed by atoms with E-state index in [2.05, 4.69) is 16.6 Å². The molecular weight excluding hydrogens is 176 g/mol. The molecular formula is C11H16N2O. The van der Waals surface area contributed by atoms with Gasteiger partial charge in [-0.15, -0.1) is 0 Å². The van der Waals surface area contributed by atoms with Crippen LogP contribution >= 0.6 is 0 Å². The molecule has 0 amide bonds. The van der Waals surface area contributed by atoms with Gasteiger partial charge in [0.1, 0.15) is 6.61 Å². The minimum atomic E-state index is 0.544. The third-order valence-corrected chi connectivity index (χ3v) is 2.75. The molecule has 2 aliphatic heterocycles. The number of oxime groups is 1. The second kappa shape index (κ2) is 4.42. The van der Waals surface area contributed by atoms with E-state index in [-0.39, 0.29) is 0 Å². The van der Waals surface area contributed by atoms with Crippen LogP contribution in [0.5, 0.6) is 0 Å². The Morgan fingerprint density at radius 1 is 1.64 bits per heavy atom. The minimum absolute atomic E-state index is 0.544. The van der Waals surface area contributed by atoms with E-state index in [1.54, 1.807) is 6.08 Å². The zero-order valence-electron chi connectivity index (χ0n) is 8.35. The number of hydrogen-bond donors (Lipinski definition) is 0. The van der Waals surface area contributed by atoms with Gasteiger partial charge in [0.15, 0.2) is 0 Å². The summed E-state index contributed by atoms with van der Waals surface area (Å²) < 4.78 is 0. The normalized spacial score (nSPS) is 33.0. The van der Waals surface area contributed by atoms with E-state index in [4.69, 9.17) is 4.84 Å². The summed E-state index contributed by atoms with van der Waals surface area (Å²) in [6.45, 7) is 7.56. The van der Waals surface area contributed by atoms with Gasteiger partial charge in [0, 0.05) is 19.0 Å². The molecule has 3 nitrogen and oxygen atoms in total. The van der Waals surface area contributed by atoms with E-state index >= 15 is 0 Å². The van der Waals surface area contributed by atoms with Crippen LogP contribution in [0, 0.1) is 5.92 Å². The average Bonchev–Trinajstić information content (AvgIpc) is 2.79. The Balaban J connectivity index is 1.76. The first-order valence-electron chi connectivity index (χ1n) is 5.09. The van der Waals surface area contributed by atoms with Crippen molar-refractivity contribution in [1.29, 1.82) is 0 Å². The molecule has 2 atom stereocenters. The van der Waals surface area contributed by atoms with Crippen LogP contribution in [0.4, 0.5) is 0 Å². The molecule has 2 heterocycles. The fraction of sp³-hybridized carbons (Fsp3) is 0.545. The molecule has 0 N–H and O–H groups in total. The molecule has 2 aliphatic rings. The van der Waals surface area contributed by atoms with E-state index in [9.17, 15) is 0 Å². The van der Waals surface area contributed by atoms with Gasteiger partial charge in [-0.05, 0) is 19.0 Å². The monoisotopic (exact) mass is 192 g/mol. The lowest BCUT2D eigenvalue weighted by Crippen LogP contribution is -2.23. The number of fused-ring (bicyclic) bond motifs is 2. The lowest BCUT2D eigenvalue weighted by Gasteiger charge is -2.12. The maximum Gasteiger partial charge on any atom is 0.135 e. The van der Waals surface area contributed by atoms with Crippen LogP contribution < -0.4 is 0 Å². The summed E-state index contributed by atoms with van der Waals surface area (Å²) in [5, 5.41) is 4.17. The molecule has 2 rings (SSSR count).